The molecule has 106 valence electrons. The molecular weight excluding hydrogens is 252 g/mol. The van der Waals surface area contributed by atoms with E-state index in [-0.39, 0.29) is 17.9 Å². The summed E-state index contributed by atoms with van der Waals surface area (Å²) in [6.45, 7) is 0. The number of anilines is 1. The van der Waals surface area contributed by atoms with Gasteiger partial charge in [-0.3, -0.25) is 4.79 Å². The average molecular weight is 272 g/mol. The van der Waals surface area contributed by atoms with Crippen LogP contribution in [0.5, 0.6) is 5.75 Å². The Morgan fingerprint density at radius 3 is 3.00 bits per heavy atom. The fraction of sp³-hybridized carbons (Fsp3) is 0.438. The van der Waals surface area contributed by atoms with E-state index in [0.717, 1.165) is 25.7 Å². The molecule has 0 heterocycles. The van der Waals surface area contributed by atoms with Crippen LogP contribution in [-0.4, -0.2) is 19.1 Å². The van der Waals surface area contributed by atoms with E-state index in [0.29, 0.717) is 17.0 Å². The molecule has 0 unspecified atom stereocenters. The van der Waals surface area contributed by atoms with E-state index in [1.54, 1.807) is 18.2 Å². The van der Waals surface area contributed by atoms with E-state index in [1.165, 1.54) is 7.11 Å². The largest absolute Gasteiger partial charge is 0.495 e. The molecule has 0 bridgehead atoms. The first-order valence-electron chi connectivity index (χ1n) is 6.84. The van der Waals surface area contributed by atoms with Gasteiger partial charge in [-0.15, -0.1) is 12.3 Å². The van der Waals surface area contributed by atoms with Gasteiger partial charge in [0, 0.05) is 17.5 Å². The van der Waals surface area contributed by atoms with Crippen LogP contribution < -0.4 is 15.8 Å². The van der Waals surface area contributed by atoms with Crippen molar-refractivity contribution in [1.29, 1.82) is 0 Å². The van der Waals surface area contributed by atoms with E-state index in [4.69, 9.17) is 16.9 Å². The van der Waals surface area contributed by atoms with Crippen molar-refractivity contribution in [3.63, 3.8) is 0 Å². The number of rotatable bonds is 3. The number of carbonyl (C=O) groups is 1. The number of hydrogen-bond acceptors (Lipinski definition) is 3. The first-order chi connectivity index (χ1) is 9.63. The summed E-state index contributed by atoms with van der Waals surface area (Å²) in [4.78, 5) is 12.2. The number of nitrogens with one attached hydrogen (secondary N) is 1. The van der Waals surface area contributed by atoms with Gasteiger partial charge in [-0.25, -0.2) is 0 Å². The summed E-state index contributed by atoms with van der Waals surface area (Å²) >= 11 is 0. The van der Waals surface area contributed by atoms with E-state index in [1.807, 2.05) is 0 Å². The highest BCUT2D eigenvalue weighted by molar-refractivity contribution is 5.95. The molecule has 2 atom stereocenters. The predicted molar refractivity (Wildman–Crippen MR) is 79.5 cm³/mol. The summed E-state index contributed by atoms with van der Waals surface area (Å²) < 4.78 is 5.13. The highest BCUT2D eigenvalue weighted by Gasteiger charge is 2.22. The topological polar surface area (TPSA) is 64.4 Å². The normalized spacial score (nSPS) is 21.8. The summed E-state index contributed by atoms with van der Waals surface area (Å²) in [6, 6.07) is 5.19. The van der Waals surface area contributed by atoms with Crippen molar-refractivity contribution in [3.8, 4) is 18.1 Å². The predicted octanol–water partition coefficient (Wildman–Crippen LogP) is 2.20. The summed E-state index contributed by atoms with van der Waals surface area (Å²) in [5, 5.41) is 3.04. The first-order valence-corrected chi connectivity index (χ1v) is 6.84. The zero-order valence-corrected chi connectivity index (χ0v) is 11.7. The molecule has 0 spiro atoms. The van der Waals surface area contributed by atoms with Gasteiger partial charge in [-0.2, -0.15) is 0 Å². The summed E-state index contributed by atoms with van der Waals surface area (Å²) in [5.41, 5.74) is 6.82. The number of nitrogens with two attached hydrogens (primary N) is 1. The third-order valence-electron chi connectivity index (χ3n) is 3.74. The third-order valence-corrected chi connectivity index (χ3v) is 3.74. The van der Waals surface area contributed by atoms with Gasteiger partial charge in [-0.05, 0) is 37.5 Å². The van der Waals surface area contributed by atoms with Gasteiger partial charge in [0.1, 0.15) is 5.75 Å². The molecule has 1 aromatic carbocycles. The second kappa shape index (κ2) is 6.33. The molecule has 1 amide bonds. The van der Waals surface area contributed by atoms with Gasteiger partial charge in [0.05, 0.1) is 12.8 Å². The van der Waals surface area contributed by atoms with Crippen LogP contribution >= 0.6 is 0 Å². The van der Waals surface area contributed by atoms with Gasteiger partial charge in [0.25, 0.3) is 5.91 Å². The van der Waals surface area contributed by atoms with Gasteiger partial charge in [0.15, 0.2) is 0 Å². The van der Waals surface area contributed by atoms with Crippen molar-refractivity contribution in [1.82, 2.24) is 5.32 Å². The van der Waals surface area contributed by atoms with E-state index in [2.05, 4.69) is 11.2 Å². The zero-order chi connectivity index (χ0) is 14.5. The zero-order valence-electron chi connectivity index (χ0n) is 11.7. The Morgan fingerprint density at radius 2 is 2.30 bits per heavy atom. The summed E-state index contributed by atoms with van der Waals surface area (Å²) in [6.07, 6.45) is 9.42. The molecule has 20 heavy (non-hydrogen) atoms. The number of nitrogen functional groups attached to an aromatic ring is 1. The molecule has 3 N–H and O–H groups in total. The van der Waals surface area contributed by atoms with Crippen molar-refractivity contribution in [2.45, 2.75) is 31.7 Å². The van der Waals surface area contributed by atoms with Crippen LogP contribution in [0.2, 0.25) is 0 Å². The number of hydrogen-bond donors (Lipinski definition) is 2. The fourth-order valence-electron chi connectivity index (χ4n) is 2.59. The van der Waals surface area contributed by atoms with Crippen LogP contribution in [-0.2, 0) is 0 Å². The van der Waals surface area contributed by atoms with Crippen LogP contribution in [0.1, 0.15) is 36.0 Å². The second-order valence-electron chi connectivity index (χ2n) is 5.16. The van der Waals surface area contributed by atoms with Crippen LogP contribution in [0.25, 0.3) is 0 Å². The molecule has 4 nitrogen and oxygen atoms in total. The molecule has 0 radical (unpaired) electrons. The Bertz CT molecular complexity index is 534. The minimum atomic E-state index is -0.106. The molecule has 0 aromatic heterocycles. The highest BCUT2D eigenvalue weighted by atomic mass is 16.5. The Kier molecular flexibility index (Phi) is 4.52. The number of methoxy groups -OCH3 is 1. The maximum absolute atomic E-state index is 12.2. The Hall–Kier alpha value is -2.15. The number of carbonyl (C=O) groups excluding carboxylic acids is 1. The van der Waals surface area contributed by atoms with Crippen LogP contribution in [0.4, 0.5) is 5.69 Å². The maximum atomic E-state index is 12.2. The average Bonchev–Trinajstić information content (AvgIpc) is 2.47. The van der Waals surface area contributed by atoms with Crippen molar-refractivity contribution >= 4 is 11.6 Å². The molecule has 4 heteroatoms. The first kappa shape index (κ1) is 14.3. The minimum Gasteiger partial charge on any atom is -0.495 e. The maximum Gasteiger partial charge on any atom is 0.251 e. The standard InChI is InChI=1S/C16H20N2O2/c1-3-11-5-4-6-13(9-11)18-16(19)12-7-8-14(17)15(10-12)20-2/h1,7-8,10-11,13H,4-6,9,17H2,2H3,(H,18,19)/t11-,13-/m0/s1. The lowest BCUT2D eigenvalue weighted by Crippen LogP contribution is -2.38. The molecule has 1 fully saturated rings. The minimum absolute atomic E-state index is 0.106. The molecule has 1 saturated carbocycles. The van der Waals surface area contributed by atoms with Gasteiger partial charge >= 0.3 is 0 Å². The Balaban J connectivity index is 2.03. The van der Waals surface area contributed by atoms with Gasteiger partial charge in [0.2, 0.25) is 0 Å². The smallest absolute Gasteiger partial charge is 0.251 e. The SMILES string of the molecule is C#C[C@H]1CCC[C@H](NC(=O)c2ccc(N)c(OC)c2)C1. The van der Waals surface area contributed by atoms with Crippen molar-refractivity contribution < 1.29 is 9.53 Å². The van der Waals surface area contributed by atoms with Gasteiger partial charge in [-0.1, -0.05) is 6.42 Å². The van der Waals surface area contributed by atoms with Crippen molar-refractivity contribution in [2.75, 3.05) is 12.8 Å². The highest BCUT2D eigenvalue weighted by Crippen LogP contribution is 2.25. The molecule has 2 rings (SSSR count). The van der Waals surface area contributed by atoms with E-state index in [9.17, 15) is 4.79 Å². The van der Waals surface area contributed by atoms with Crippen LogP contribution in [0.15, 0.2) is 18.2 Å². The number of terminal acetylenes is 1. The fourth-order valence-corrected chi connectivity index (χ4v) is 2.59. The molecule has 1 aliphatic carbocycles. The number of benzene rings is 1. The van der Waals surface area contributed by atoms with Crippen molar-refractivity contribution in [2.24, 2.45) is 5.92 Å². The van der Waals surface area contributed by atoms with Crippen LogP contribution in [0, 0.1) is 18.3 Å². The molecule has 0 saturated heterocycles. The lowest BCUT2D eigenvalue weighted by atomic mass is 9.86. The molecule has 0 aliphatic heterocycles. The van der Waals surface area contributed by atoms with Gasteiger partial charge < -0.3 is 15.8 Å². The Labute approximate surface area is 119 Å². The summed E-state index contributed by atoms with van der Waals surface area (Å²) in [7, 11) is 1.53. The van der Waals surface area contributed by atoms with E-state index < -0.39 is 0 Å². The van der Waals surface area contributed by atoms with E-state index >= 15 is 0 Å². The Morgan fingerprint density at radius 1 is 1.50 bits per heavy atom. The van der Waals surface area contributed by atoms with Crippen molar-refractivity contribution in [3.05, 3.63) is 23.8 Å². The molecule has 1 aromatic rings. The monoisotopic (exact) mass is 272 g/mol. The third kappa shape index (κ3) is 3.24. The molecular formula is C16H20N2O2. The number of ether oxygens (including phenoxy) is 1. The second-order valence-corrected chi connectivity index (χ2v) is 5.16. The summed E-state index contributed by atoms with van der Waals surface area (Å²) in [5.74, 6) is 3.47. The number of amides is 1. The lowest BCUT2D eigenvalue weighted by Gasteiger charge is -2.27. The van der Waals surface area contributed by atoms with Crippen LogP contribution in [0.3, 0.4) is 0 Å². The molecule has 1 aliphatic rings. The quantitative estimate of drug-likeness (QED) is 0.655. The lowest BCUT2D eigenvalue weighted by molar-refractivity contribution is 0.0923.